The summed E-state index contributed by atoms with van der Waals surface area (Å²) in [7, 11) is 0. The summed E-state index contributed by atoms with van der Waals surface area (Å²) < 4.78 is 0. The molecule has 2 aromatic rings. The molecule has 0 atom stereocenters. The number of phenolic OH excluding ortho intramolecular Hbond substituents is 2. The highest BCUT2D eigenvalue weighted by Crippen LogP contribution is 2.11. The average Bonchev–Trinajstić information content (AvgIpc) is 2.30. The van der Waals surface area contributed by atoms with Crippen molar-refractivity contribution in [3.63, 3.8) is 0 Å². The quantitative estimate of drug-likeness (QED) is 0.740. The van der Waals surface area contributed by atoms with Gasteiger partial charge in [-0.25, -0.2) is 0 Å². The van der Waals surface area contributed by atoms with Gasteiger partial charge in [0.05, 0.1) is 5.56 Å². The summed E-state index contributed by atoms with van der Waals surface area (Å²) in [6.45, 7) is 1.94. The van der Waals surface area contributed by atoms with E-state index in [4.69, 9.17) is 10.2 Å². The molecule has 0 aliphatic carbocycles. The third-order valence-electron chi connectivity index (χ3n) is 2.07. The Bertz CT molecular complexity index is 475. The van der Waals surface area contributed by atoms with Gasteiger partial charge in [-0.2, -0.15) is 0 Å². The zero-order valence-electron chi connectivity index (χ0n) is 9.50. The Balaban J connectivity index is 0.000000171. The minimum atomic E-state index is 0.0347. The molecule has 2 rings (SSSR count). The second-order valence-electron chi connectivity index (χ2n) is 3.52. The van der Waals surface area contributed by atoms with Crippen LogP contribution in [-0.4, -0.2) is 16.5 Å². The van der Waals surface area contributed by atoms with Crippen molar-refractivity contribution >= 4 is 6.29 Å². The molecule has 0 unspecified atom stereocenters. The van der Waals surface area contributed by atoms with Crippen molar-refractivity contribution in [1.29, 1.82) is 0 Å². The summed E-state index contributed by atoms with van der Waals surface area (Å²) in [6.07, 6.45) is 0.620. The maximum atomic E-state index is 10.1. The standard InChI is InChI=1S/C7H6O2.C7H8O/c8-5-6-3-1-2-4-7(6)9;1-6-3-2-4-7(8)5-6/h1-5,9H;2-5,8H,1H3. The molecule has 0 radical (unpaired) electrons. The molecule has 0 amide bonds. The van der Waals surface area contributed by atoms with Crippen LogP contribution < -0.4 is 0 Å². The number of aromatic hydroxyl groups is 2. The molecule has 88 valence electrons. The number of carbonyl (C=O) groups excluding carboxylic acids is 1. The number of aldehydes is 1. The smallest absolute Gasteiger partial charge is 0.153 e. The maximum Gasteiger partial charge on any atom is 0.153 e. The highest BCUT2D eigenvalue weighted by molar-refractivity contribution is 5.78. The molecule has 17 heavy (non-hydrogen) atoms. The number of benzene rings is 2. The first-order valence-corrected chi connectivity index (χ1v) is 5.12. The molecule has 2 N–H and O–H groups in total. The molecule has 0 bridgehead atoms. The zero-order chi connectivity index (χ0) is 12.7. The number of hydrogen-bond donors (Lipinski definition) is 2. The fraction of sp³-hybridized carbons (Fsp3) is 0.0714. The van der Waals surface area contributed by atoms with Crippen LogP contribution in [0.15, 0.2) is 48.5 Å². The summed E-state index contributed by atoms with van der Waals surface area (Å²) in [5.41, 5.74) is 1.42. The highest BCUT2D eigenvalue weighted by Gasteiger charge is 1.93. The van der Waals surface area contributed by atoms with Crippen LogP contribution in [0.25, 0.3) is 0 Å². The summed E-state index contributed by atoms with van der Waals surface area (Å²) in [5.74, 6) is 0.373. The van der Waals surface area contributed by atoms with Gasteiger partial charge in [0.2, 0.25) is 0 Å². The second kappa shape index (κ2) is 6.33. The van der Waals surface area contributed by atoms with E-state index in [2.05, 4.69) is 0 Å². The molecule has 0 aliphatic rings. The minimum Gasteiger partial charge on any atom is -0.508 e. The molecule has 0 heterocycles. The monoisotopic (exact) mass is 230 g/mol. The number of para-hydroxylation sites is 1. The Morgan fingerprint density at radius 2 is 1.71 bits per heavy atom. The van der Waals surface area contributed by atoms with E-state index >= 15 is 0 Å². The van der Waals surface area contributed by atoms with Gasteiger partial charge in [0.25, 0.3) is 0 Å². The zero-order valence-corrected chi connectivity index (χ0v) is 9.50. The molecule has 0 aromatic heterocycles. The molecule has 2 aromatic carbocycles. The van der Waals surface area contributed by atoms with Crippen LogP contribution in [0.3, 0.4) is 0 Å². The third kappa shape index (κ3) is 4.38. The predicted octanol–water partition coefficient (Wildman–Crippen LogP) is 2.91. The Kier molecular flexibility index (Phi) is 4.76. The normalized spacial score (nSPS) is 9.00. The van der Waals surface area contributed by atoms with Gasteiger partial charge in [0.1, 0.15) is 11.5 Å². The van der Waals surface area contributed by atoms with Crippen molar-refractivity contribution in [3.05, 3.63) is 59.7 Å². The molecular weight excluding hydrogens is 216 g/mol. The van der Waals surface area contributed by atoms with E-state index in [1.54, 1.807) is 30.3 Å². The SMILES string of the molecule is Cc1cccc(O)c1.O=Cc1ccccc1O. The van der Waals surface area contributed by atoms with Crippen molar-refractivity contribution in [2.45, 2.75) is 6.92 Å². The molecule has 0 aliphatic heterocycles. The first kappa shape index (κ1) is 12.8. The van der Waals surface area contributed by atoms with Gasteiger partial charge in [-0.15, -0.1) is 0 Å². The van der Waals surface area contributed by atoms with Crippen molar-refractivity contribution in [2.75, 3.05) is 0 Å². The molecule has 0 spiro atoms. The van der Waals surface area contributed by atoms with Gasteiger partial charge in [-0.3, -0.25) is 4.79 Å². The lowest BCUT2D eigenvalue weighted by molar-refractivity contribution is 0.112. The number of rotatable bonds is 1. The Labute approximate surface area is 100.0 Å². The molecule has 0 saturated carbocycles. The average molecular weight is 230 g/mol. The van der Waals surface area contributed by atoms with Crippen molar-refractivity contribution in [2.24, 2.45) is 0 Å². The van der Waals surface area contributed by atoms with Crippen LogP contribution in [0, 0.1) is 6.92 Å². The fourth-order valence-electron chi connectivity index (χ4n) is 1.22. The Morgan fingerprint density at radius 1 is 1.00 bits per heavy atom. The summed E-state index contributed by atoms with van der Waals surface area (Å²) >= 11 is 0. The van der Waals surface area contributed by atoms with E-state index in [-0.39, 0.29) is 5.75 Å². The number of hydrogen-bond acceptors (Lipinski definition) is 3. The van der Waals surface area contributed by atoms with Gasteiger partial charge in [0, 0.05) is 0 Å². The number of aryl methyl sites for hydroxylation is 1. The lowest BCUT2D eigenvalue weighted by atomic mass is 10.2. The molecule has 3 heteroatoms. The van der Waals surface area contributed by atoms with Crippen LogP contribution in [0.2, 0.25) is 0 Å². The van der Waals surface area contributed by atoms with Gasteiger partial charge >= 0.3 is 0 Å². The fourth-order valence-corrected chi connectivity index (χ4v) is 1.22. The molecule has 3 nitrogen and oxygen atoms in total. The first-order valence-electron chi connectivity index (χ1n) is 5.12. The molecule has 0 fully saturated rings. The van der Waals surface area contributed by atoms with E-state index in [0.717, 1.165) is 5.56 Å². The highest BCUT2D eigenvalue weighted by atomic mass is 16.3. The third-order valence-corrected chi connectivity index (χ3v) is 2.07. The van der Waals surface area contributed by atoms with Crippen molar-refractivity contribution in [3.8, 4) is 11.5 Å². The van der Waals surface area contributed by atoms with Crippen LogP contribution in [0.4, 0.5) is 0 Å². The maximum absolute atomic E-state index is 10.1. The minimum absolute atomic E-state index is 0.0347. The van der Waals surface area contributed by atoms with E-state index in [1.807, 2.05) is 19.1 Å². The van der Waals surface area contributed by atoms with E-state index in [1.165, 1.54) is 6.07 Å². The Morgan fingerprint density at radius 3 is 2.12 bits per heavy atom. The van der Waals surface area contributed by atoms with Crippen molar-refractivity contribution < 1.29 is 15.0 Å². The van der Waals surface area contributed by atoms with Crippen molar-refractivity contribution in [1.82, 2.24) is 0 Å². The molecule has 0 saturated heterocycles. The first-order chi connectivity index (χ1) is 8.13. The van der Waals surface area contributed by atoms with Gasteiger partial charge in [-0.1, -0.05) is 24.3 Å². The van der Waals surface area contributed by atoms with Crippen LogP contribution in [0.5, 0.6) is 11.5 Å². The van der Waals surface area contributed by atoms with Crippen LogP contribution in [0.1, 0.15) is 15.9 Å². The predicted molar refractivity (Wildman–Crippen MR) is 66.3 cm³/mol. The number of phenols is 2. The number of carbonyl (C=O) groups is 1. The Hall–Kier alpha value is -2.29. The summed E-state index contributed by atoms with van der Waals surface area (Å²) in [4.78, 5) is 10.1. The molecular formula is C14H14O3. The lowest BCUT2D eigenvalue weighted by Gasteiger charge is -1.91. The van der Waals surface area contributed by atoms with Crippen LogP contribution >= 0.6 is 0 Å². The van der Waals surface area contributed by atoms with E-state index in [9.17, 15) is 4.79 Å². The van der Waals surface area contributed by atoms with Gasteiger partial charge in [0.15, 0.2) is 6.29 Å². The largest absolute Gasteiger partial charge is 0.508 e. The second-order valence-corrected chi connectivity index (χ2v) is 3.52. The van der Waals surface area contributed by atoms with Crippen LogP contribution in [-0.2, 0) is 0 Å². The van der Waals surface area contributed by atoms with Gasteiger partial charge < -0.3 is 10.2 Å². The van der Waals surface area contributed by atoms with E-state index in [0.29, 0.717) is 17.6 Å². The van der Waals surface area contributed by atoms with Gasteiger partial charge in [-0.05, 0) is 36.8 Å². The lowest BCUT2D eigenvalue weighted by Crippen LogP contribution is -1.77. The summed E-state index contributed by atoms with van der Waals surface area (Å²) in [6, 6.07) is 13.6. The van der Waals surface area contributed by atoms with E-state index < -0.39 is 0 Å². The summed E-state index contributed by atoms with van der Waals surface area (Å²) in [5, 5.41) is 17.7. The topological polar surface area (TPSA) is 57.5 Å².